The van der Waals surface area contributed by atoms with Crippen molar-refractivity contribution in [1.29, 1.82) is 0 Å². The standard InChI is InChI=1S/C27H47N3O5/c1-10-12-28-21(32)18-19-23(34)30(17(11-2)14-31)20(27(19)13-16(3)26(18,9)35-27)22(33)29-25(7,8)15-24(4,5)6/h16-20,31H,10-15H2,1-9H3,(H,28,32)(H,29,33)/t16?,17-,18-,19-,20?,26+,27?/m0/s1. The van der Waals surface area contributed by atoms with E-state index in [0.717, 1.165) is 12.8 Å². The monoisotopic (exact) mass is 493 g/mol. The predicted molar refractivity (Wildman–Crippen MR) is 134 cm³/mol. The fraction of sp³-hybridized carbons (Fsp3) is 0.889. The van der Waals surface area contributed by atoms with Gasteiger partial charge in [-0.05, 0) is 57.8 Å². The van der Waals surface area contributed by atoms with E-state index >= 15 is 0 Å². The number of aliphatic hydroxyl groups is 1. The SMILES string of the molecule is CCCNC(=O)[C@@H]1[C@H]2C(=O)N([C@@H](CC)CO)C(C(=O)NC(C)(C)CC(C)(C)C)C23CC(C)[C@@]1(C)O3. The second kappa shape index (κ2) is 9.33. The van der Waals surface area contributed by atoms with Crippen molar-refractivity contribution < 1.29 is 24.2 Å². The summed E-state index contributed by atoms with van der Waals surface area (Å²) in [6.45, 7) is 18.5. The van der Waals surface area contributed by atoms with Gasteiger partial charge in [0, 0.05) is 12.1 Å². The molecule has 0 aromatic carbocycles. The Labute approximate surface area is 210 Å². The van der Waals surface area contributed by atoms with Gasteiger partial charge in [0.1, 0.15) is 11.6 Å². The molecule has 35 heavy (non-hydrogen) atoms. The summed E-state index contributed by atoms with van der Waals surface area (Å²) in [6, 6.07) is -1.42. The van der Waals surface area contributed by atoms with E-state index in [1.54, 1.807) is 4.90 Å². The highest BCUT2D eigenvalue weighted by Gasteiger charge is 2.80. The van der Waals surface area contributed by atoms with Gasteiger partial charge < -0.3 is 25.4 Å². The highest BCUT2D eigenvalue weighted by atomic mass is 16.5. The molecule has 3 unspecified atom stereocenters. The van der Waals surface area contributed by atoms with Crippen molar-refractivity contribution in [2.75, 3.05) is 13.2 Å². The van der Waals surface area contributed by atoms with Gasteiger partial charge in [-0.1, -0.05) is 41.5 Å². The maximum absolute atomic E-state index is 14.1. The minimum absolute atomic E-state index is 0.00374. The number of hydrogen-bond donors (Lipinski definition) is 3. The van der Waals surface area contributed by atoms with Crippen LogP contribution in [0.2, 0.25) is 0 Å². The molecule has 0 aromatic heterocycles. The largest absolute Gasteiger partial charge is 0.394 e. The van der Waals surface area contributed by atoms with E-state index in [0.29, 0.717) is 19.4 Å². The zero-order valence-corrected chi connectivity index (χ0v) is 23.2. The fourth-order valence-corrected chi connectivity index (χ4v) is 7.31. The average molecular weight is 494 g/mol. The number of aliphatic hydroxyl groups excluding tert-OH is 1. The molecule has 1 spiro atoms. The average Bonchev–Trinajstić information content (AvgIpc) is 3.22. The second-order valence-electron chi connectivity index (χ2n) is 13.1. The van der Waals surface area contributed by atoms with Crippen LogP contribution in [0.4, 0.5) is 0 Å². The van der Waals surface area contributed by atoms with Crippen LogP contribution in [0.3, 0.4) is 0 Å². The summed E-state index contributed by atoms with van der Waals surface area (Å²) < 4.78 is 6.72. The maximum Gasteiger partial charge on any atom is 0.246 e. The van der Waals surface area contributed by atoms with Gasteiger partial charge >= 0.3 is 0 Å². The van der Waals surface area contributed by atoms with Crippen molar-refractivity contribution in [3.63, 3.8) is 0 Å². The molecule has 8 heteroatoms. The Morgan fingerprint density at radius 3 is 2.34 bits per heavy atom. The first-order valence-electron chi connectivity index (χ1n) is 13.3. The lowest BCUT2D eigenvalue weighted by Crippen LogP contribution is -2.61. The number of hydrogen-bond acceptors (Lipinski definition) is 5. The van der Waals surface area contributed by atoms with Crippen LogP contribution in [0.1, 0.15) is 88.0 Å². The lowest BCUT2D eigenvalue weighted by atomic mass is 9.62. The van der Waals surface area contributed by atoms with Gasteiger partial charge in [-0.15, -0.1) is 0 Å². The smallest absolute Gasteiger partial charge is 0.246 e. The quantitative estimate of drug-likeness (QED) is 0.458. The third kappa shape index (κ3) is 4.61. The molecule has 3 rings (SSSR count). The molecule has 0 radical (unpaired) electrons. The molecule has 8 nitrogen and oxygen atoms in total. The Kier molecular flexibility index (Phi) is 7.44. The van der Waals surface area contributed by atoms with E-state index in [1.165, 1.54) is 0 Å². The van der Waals surface area contributed by atoms with Crippen LogP contribution >= 0.6 is 0 Å². The van der Waals surface area contributed by atoms with Crippen LogP contribution in [0.5, 0.6) is 0 Å². The van der Waals surface area contributed by atoms with E-state index in [9.17, 15) is 19.5 Å². The molecule has 3 aliphatic rings. The molecule has 200 valence electrons. The highest BCUT2D eigenvalue weighted by Crippen LogP contribution is 2.65. The lowest BCUT2D eigenvalue weighted by Gasteiger charge is -2.40. The Balaban J connectivity index is 2.07. The Bertz CT molecular complexity index is 848. The molecule has 3 heterocycles. The second-order valence-corrected chi connectivity index (χ2v) is 13.1. The van der Waals surface area contributed by atoms with Crippen molar-refractivity contribution in [2.24, 2.45) is 23.2 Å². The van der Waals surface area contributed by atoms with Crippen molar-refractivity contribution >= 4 is 17.7 Å². The maximum atomic E-state index is 14.1. The Hall–Kier alpha value is -1.67. The zero-order valence-electron chi connectivity index (χ0n) is 23.2. The van der Waals surface area contributed by atoms with Crippen molar-refractivity contribution in [3.8, 4) is 0 Å². The minimum Gasteiger partial charge on any atom is -0.394 e. The fourth-order valence-electron chi connectivity index (χ4n) is 7.31. The normalized spacial score (nSPS) is 35.3. The predicted octanol–water partition coefficient (Wildman–Crippen LogP) is 2.63. The summed E-state index contributed by atoms with van der Waals surface area (Å²) in [5.74, 6) is -2.14. The molecule has 7 atom stereocenters. The van der Waals surface area contributed by atoms with Gasteiger partial charge in [-0.2, -0.15) is 0 Å². The molecule has 0 aliphatic carbocycles. The van der Waals surface area contributed by atoms with Gasteiger partial charge in [-0.25, -0.2) is 0 Å². The van der Waals surface area contributed by atoms with Gasteiger partial charge in [0.15, 0.2) is 0 Å². The number of ether oxygens (including phenoxy) is 1. The summed E-state index contributed by atoms with van der Waals surface area (Å²) in [5, 5.41) is 16.4. The number of nitrogens with zero attached hydrogens (tertiary/aromatic N) is 1. The van der Waals surface area contributed by atoms with Gasteiger partial charge in [0.05, 0.1) is 30.1 Å². The number of nitrogens with one attached hydrogen (secondary N) is 2. The van der Waals surface area contributed by atoms with E-state index in [2.05, 4.69) is 31.4 Å². The van der Waals surface area contributed by atoms with E-state index < -0.39 is 40.7 Å². The van der Waals surface area contributed by atoms with E-state index in [4.69, 9.17) is 4.74 Å². The highest BCUT2D eigenvalue weighted by molar-refractivity contribution is 5.99. The van der Waals surface area contributed by atoms with Crippen LogP contribution in [0.25, 0.3) is 0 Å². The van der Waals surface area contributed by atoms with Gasteiger partial charge in [-0.3, -0.25) is 14.4 Å². The third-order valence-corrected chi connectivity index (χ3v) is 8.34. The molecule has 3 saturated heterocycles. The number of likely N-dealkylation sites (tertiary alicyclic amines) is 1. The molecule has 0 saturated carbocycles. The summed E-state index contributed by atoms with van der Waals surface area (Å²) in [6.07, 6.45) is 2.56. The van der Waals surface area contributed by atoms with Gasteiger partial charge in [0.25, 0.3) is 0 Å². The van der Waals surface area contributed by atoms with Crippen LogP contribution in [-0.2, 0) is 19.1 Å². The van der Waals surface area contributed by atoms with E-state index in [-0.39, 0.29) is 35.7 Å². The number of amides is 3. The molecular weight excluding hydrogens is 446 g/mol. The van der Waals surface area contributed by atoms with Crippen molar-refractivity contribution in [1.82, 2.24) is 15.5 Å². The van der Waals surface area contributed by atoms with Crippen LogP contribution in [-0.4, -0.2) is 69.7 Å². The molecule has 0 aromatic rings. The zero-order chi connectivity index (χ0) is 26.6. The summed E-state index contributed by atoms with van der Waals surface area (Å²) in [5.41, 5.74) is -2.44. The number of fused-ring (bicyclic) bond motifs is 1. The van der Waals surface area contributed by atoms with Crippen LogP contribution < -0.4 is 10.6 Å². The van der Waals surface area contributed by atoms with Gasteiger partial charge in [0.2, 0.25) is 17.7 Å². The third-order valence-electron chi connectivity index (χ3n) is 8.34. The topological polar surface area (TPSA) is 108 Å². The first kappa shape index (κ1) is 27.9. The molecule has 3 aliphatic heterocycles. The molecule has 3 N–H and O–H groups in total. The summed E-state index contributed by atoms with van der Waals surface area (Å²) >= 11 is 0. The molecule has 3 amide bonds. The van der Waals surface area contributed by atoms with Crippen LogP contribution in [0, 0.1) is 23.2 Å². The van der Waals surface area contributed by atoms with E-state index in [1.807, 2.05) is 41.5 Å². The summed E-state index contributed by atoms with van der Waals surface area (Å²) in [4.78, 5) is 43.1. The Morgan fingerprint density at radius 2 is 1.83 bits per heavy atom. The Morgan fingerprint density at radius 1 is 1.20 bits per heavy atom. The molecular formula is C27H47N3O5. The lowest BCUT2D eigenvalue weighted by molar-refractivity contribution is -0.151. The number of carbonyl (C=O) groups excluding carboxylic acids is 3. The van der Waals surface area contributed by atoms with Crippen molar-refractivity contribution in [2.45, 2.75) is 117 Å². The minimum atomic E-state index is -1.09. The first-order valence-corrected chi connectivity index (χ1v) is 13.3. The molecule has 3 fully saturated rings. The number of carbonyl (C=O) groups is 3. The van der Waals surface area contributed by atoms with Crippen LogP contribution in [0.15, 0.2) is 0 Å². The summed E-state index contributed by atoms with van der Waals surface area (Å²) in [7, 11) is 0. The molecule has 2 bridgehead atoms. The van der Waals surface area contributed by atoms with Crippen molar-refractivity contribution in [3.05, 3.63) is 0 Å². The number of rotatable bonds is 9. The first-order chi connectivity index (χ1) is 16.1.